The molecule has 0 aromatic carbocycles. The number of nitrogens with zero attached hydrogens (tertiary/aromatic N) is 2. The molecule has 0 N–H and O–H groups in total. The molecular weight excluding hydrogens is 284 g/mol. The first-order chi connectivity index (χ1) is 9.35. The highest BCUT2D eigenvalue weighted by atomic mass is 19.4. The first-order valence-electron chi connectivity index (χ1n) is 6.87. The minimum atomic E-state index is -4.54. The van der Waals surface area contributed by atoms with Crippen molar-refractivity contribution >= 4 is 12.6 Å². The molecule has 2 heterocycles. The molecule has 21 heavy (non-hydrogen) atoms. The van der Waals surface area contributed by atoms with Crippen LogP contribution < -0.4 is 5.46 Å². The summed E-state index contributed by atoms with van der Waals surface area (Å²) in [5.41, 5.74) is -2.41. The van der Waals surface area contributed by atoms with Gasteiger partial charge < -0.3 is 9.31 Å². The van der Waals surface area contributed by atoms with Crippen molar-refractivity contribution in [3.05, 3.63) is 11.9 Å². The van der Waals surface area contributed by atoms with Gasteiger partial charge in [-0.05, 0) is 41.5 Å². The van der Waals surface area contributed by atoms with E-state index in [0.717, 1.165) is 0 Å². The van der Waals surface area contributed by atoms with Crippen molar-refractivity contribution in [1.82, 2.24) is 9.78 Å². The molecule has 0 radical (unpaired) electrons. The molecule has 1 saturated heterocycles. The van der Waals surface area contributed by atoms with Crippen molar-refractivity contribution in [3.8, 4) is 0 Å². The number of hydrogen-bond donors (Lipinski definition) is 0. The van der Waals surface area contributed by atoms with Gasteiger partial charge in [0.1, 0.15) is 0 Å². The van der Waals surface area contributed by atoms with E-state index < -0.39 is 30.2 Å². The molecule has 1 aliphatic rings. The molecule has 1 aromatic heterocycles. The Morgan fingerprint density at radius 1 is 1.14 bits per heavy atom. The fourth-order valence-corrected chi connectivity index (χ4v) is 2.03. The molecule has 0 spiro atoms. The predicted molar refractivity (Wildman–Crippen MR) is 73.3 cm³/mol. The second kappa shape index (κ2) is 4.74. The van der Waals surface area contributed by atoms with Crippen molar-refractivity contribution in [2.24, 2.45) is 0 Å². The maximum absolute atomic E-state index is 13.2. The first-order valence-corrected chi connectivity index (χ1v) is 6.87. The third kappa shape index (κ3) is 2.83. The Kier molecular flexibility index (Phi) is 3.69. The average Bonchev–Trinajstić information content (AvgIpc) is 2.78. The molecule has 8 heteroatoms. The molecule has 0 unspecified atom stereocenters. The smallest absolute Gasteiger partial charge is 0.399 e. The standard InChI is InChI=1S/C13H20BF3N2O2/c1-8(2)19-7-9(10(18-19)13(15,16)17)14-20-11(3,4)12(5,6)21-14/h7-8H,1-6H3. The molecule has 0 amide bonds. The van der Waals surface area contributed by atoms with Gasteiger partial charge in [-0.15, -0.1) is 0 Å². The monoisotopic (exact) mass is 304 g/mol. The normalized spacial score (nSPS) is 21.3. The Morgan fingerprint density at radius 3 is 2.00 bits per heavy atom. The van der Waals surface area contributed by atoms with E-state index in [4.69, 9.17) is 9.31 Å². The van der Waals surface area contributed by atoms with Gasteiger partial charge in [-0.3, -0.25) is 4.68 Å². The second-order valence-electron chi connectivity index (χ2n) is 6.59. The quantitative estimate of drug-likeness (QED) is 0.788. The van der Waals surface area contributed by atoms with Crippen LogP contribution in [0.1, 0.15) is 53.3 Å². The lowest BCUT2D eigenvalue weighted by molar-refractivity contribution is -0.140. The molecule has 4 nitrogen and oxygen atoms in total. The van der Waals surface area contributed by atoms with Gasteiger partial charge in [0, 0.05) is 17.7 Å². The molecule has 2 rings (SSSR count). The van der Waals surface area contributed by atoms with Crippen molar-refractivity contribution in [2.75, 3.05) is 0 Å². The van der Waals surface area contributed by atoms with Gasteiger partial charge in [-0.2, -0.15) is 18.3 Å². The van der Waals surface area contributed by atoms with Crippen molar-refractivity contribution in [2.45, 2.75) is 65.0 Å². The molecule has 1 aliphatic heterocycles. The zero-order valence-corrected chi connectivity index (χ0v) is 13.1. The van der Waals surface area contributed by atoms with E-state index in [1.807, 2.05) is 0 Å². The Balaban J connectivity index is 2.45. The van der Waals surface area contributed by atoms with Crippen LogP contribution >= 0.6 is 0 Å². The van der Waals surface area contributed by atoms with Gasteiger partial charge in [0.05, 0.1) is 11.2 Å². The van der Waals surface area contributed by atoms with Crippen LogP contribution in [0.5, 0.6) is 0 Å². The van der Waals surface area contributed by atoms with E-state index in [0.29, 0.717) is 0 Å². The number of hydrogen-bond acceptors (Lipinski definition) is 3. The molecule has 0 bridgehead atoms. The van der Waals surface area contributed by atoms with Crippen molar-refractivity contribution in [3.63, 3.8) is 0 Å². The summed E-state index contributed by atoms with van der Waals surface area (Å²) in [5, 5.41) is 3.65. The number of rotatable bonds is 2. The molecule has 0 saturated carbocycles. The summed E-state index contributed by atoms with van der Waals surface area (Å²) < 4.78 is 52.2. The largest absolute Gasteiger partial charge is 0.498 e. The van der Waals surface area contributed by atoms with Gasteiger partial charge in [-0.1, -0.05) is 0 Å². The maximum Gasteiger partial charge on any atom is 0.498 e. The number of aromatic nitrogens is 2. The summed E-state index contributed by atoms with van der Waals surface area (Å²) in [6.07, 6.45) is -3.19. The van der Waals surface area contributed by atoms with Crippen LogP contribution in [0.2, 0.25) is 0 Å². The highest BCUT2D eigenvalue weighted by Crippen LogP contribution is 2.38. The topological polar surface area (TPSA) is 36.3 Å². The highest BCUT2D eigenvalue weighted by Gasteiger charge is 2.54. The number of halogens is 3. The fourth-order valence-electron chi connectivity index (χ4n) is 2.03. The van der Waals surface area contributed by atoms with Gasteiger partial charge >= 0.3 is 13.3 Å². The van der Waals surface area contributed by atoms with Crippen LogP contribution in [-0.4, -0.2) is 28.1 Å². The minimum absolute atomic E-state index is 0.0742. The van der Waals surface area contributed by atoms with Crippen LogP contribution in [0.15, 0.2) is 6.20 Å². The lowest BCUT2D eigenvalue weighted by Gasteiger charge is -2.32. The predicted octanol–water partition coefficient (Wildman–Crippen LogP) is 2.78. The molecule has 1 fully saturated rings. The lowest BCUT2D eigenvalue weighted by atomic mass is 9.79. The van der Waals surface area contributed by atoms with Crippen LogP contribution in [0.3, 0.4) is 0 Å². The van der Waals surface area contributed by atoms with E-state index >= 15 is 0 Å². The van der Waals surface area contributed by atoms with Gasteiger partial charge in [0.15, 0.2) is 5.69 Å². The van der Waals surface area contributed by atoms with Crippen molar-refractivity contribution in [1.29, 1.82) is 0 Å². The van der Waals surface area contributed by atoms with Crippen LogP contribution in [-0.2, 0) is 15.5 Å². The Labute approximate surface area is 122 Å². The van der Waals surface area contributed by atoms with E-state index in [1.165, 1.54) is 10.9 Å². The second-order valence-corrected chi connectivity index (χ2v) is 6.59. The summed E-state index contributed by atoms with van der Waals surface area (Å²) in [6, 6.07) is -0.178. The first kappa shape index (κ1) is 16.4. The highest BCUT2D eigenvalue weighted by molar-refractivity contribution is 6.62. The Morgan fingerprint density at radius 2 is 1.62 bits per heavy atom. The average molecular weight is 304 g/mol. The fraction of sp³-hybridized carbons (Fsp3) is 0.769. The molecule has 1 aromatic rings. The maximum atomic E-state index is 13.2. The summed E-state index contributed by atoms with van der Waals surface area (Å²) in [6.45, 7) is 10.7. The lowest BCUT2D eigenvalue weighted by Crippen LogP contribution is -2.41. The summed E-state index contributed by atoms with van der Waals surface area (Å²) >= 11 is 0. The van der Waals surface area contributed by atoms with E-state index in [2.05, 4.69) is 5.10 Å². The van der Waals surface area contributed by atoms with Gasteiger partial charge in [0.2, 0.25) is 0 Å². The Hall–Kier alpha value is -1.02. The summed E-state index contributed by atoms with van der Waals surface area (Å²) in [5.74, 6) is 0. The van der Waals surface area contributed by atoms with Crippen LogP contribution in [0.4, 0.5) is 13.2 Å². The SMILES string of the molecule is CC(C)n1cc(B2OC(C)(C)C(C)(C)O2)c(C(F)(F)F)n1. The zero-order valence-electron chi connectivity index (χ0n) is 13.1. The van der Waals surface area contributed by atoms with E-state index in [1.54, 1.807) is 41.5 Å². The molecule has 0 atom stereocenters. The molecular formula is C13H20BF3N2O2. The van der Waals surface area contributed by atoms with E-state index in [-0.39, 0.29) is 11.5 Å². The molecule has 118 valence electrons. The molecule has 0 aliphatic carbocycles. The van der Waals surface area contributed by atoms with Crippen LogP contribution in [0.25, 0.3) is 0 Å². The van der Waals surface area contributed by atoms with E-state index in [9.17, 15) is 13.2 Å². The number of alkyl halides is 3. The Bertz CT molecular complexity index is 522. The third-order valence-corrected chi connectivity index (χ3v) is 4.07. The minimum Gasteiger partial charge on any atom is -0.399 e. The summed E-state index contributed by atoms with van der Waals surface area (Å²) in [4.78, 5) is 0. The van der Waals surface area contributed by atoms with Crippen LogP contribution in [0, 0.1) is 0 Å². The zero-order chi connectivity index (χ0) is 16.2. The van der Waals surface area contributed by atoms with Crippen molar-refractivity contribution < 1.29 is 22.5 Å². The van der Waals surface area contributed by atoms with Gasteiger partial charge in [0.25, 0.3) is 0 Å². The summed E-state index contributed by atoms with van der Waals surface area (Å²) in [7, 11) is -1.07. The third-order valence-electron chi connectivity index (χ3n) is 4.07. The van der Waals surface area contributed by atoms with Gasteiger partial charge in [-0.25, -0.2) is 0 Å².